The van der Waals surface area contributed by atoms with Crippen LogP contribution < -0.4 is 16.0 Å². The summed E-state index contributed by atoms with van der Waals surface area (Å²) in [4.78, 5) is 8.32. The molecule has 0 saturated heterocycles. The fourth-order valence-corrected chi connectivity index (χ4v) is 2.46. The van der Waals surface area contributed by atoms with Gasteiger partial charge in [0, 0.05) is 0 Å². The van der Waals surface area contributed by atoms with Crippen LogP contribution in [0.25, 0.3) is 0 Å². The quantitative estimate of drug-likeness (QED) is 0.658. The van der Waals surface area contributed by atoms with Gasteiger partial charge in [0.05, 0.1) is 18.1 Å². The van der Waals surface area contributed by atoms with Crippen LogP contribution in [-0.4, -0.2) is 9.97 Å². The molecule has 0 bridgehead atoms. The highest BCUT2D eigenvalue weighted by Crippen LogP contribution is 2.25. The molecule has 0 saturated carbocycles. The third kappa shape index (κ3) is 2.88. The average Bonchev–Trinajstić information content (AvgIpc) is 2.53. The Kier molecular flexibility index (Phi) is 3.78. The van der Waals surface area contributed by atoms with Crippen molar-refractivity contribution in [3.05, 3.63) is 47.4 Å². The number of ether oxygens (including phenoxy) is 1. The zero-order valence-corrected chi connectivity index (χ0v) is 11.3. The van der Waals surface area contributed by atoms with Gasteiger partial charge in [0.1, 0.15) is 12.4 Å². The van der Waals surface area contributed by atoms with Crippen LogP contribution in [-0.2, 0) is 19.4 Å². The molecule has 20 heavy (non-hydrogen) atoms. The molecule has 0 atom stereocenters. The summed E-state index contributed by atoms with van der Waals surface area (Å²) >= 11 is 0. The maximum Gasteiger partial charge on any atom is 0.158 e. The number of fused-ring (bicyclic) bond motifs is 1. The molecule has 1 aliphatic rings. The predicted octanol–water partition coefficient (Wildman–Crippen LogP) is 2.22. The number of hydrazine groups is 1. The second-order valence-electron chi connectivity index (χ2n) is 4.96. The van der Waals surface area contributed by atoms with Crippen molar-refractivity contribution in [2.45, 2.75) is 32.3 Å². The lowest BCUT2D eigenvalue weighted by Crippen LogP contribution is -2.09. The zero-order valence-electron chi connectivity index (χ0n) is 11.3. The first kappa shape index (κ1) is 12.9. The van der Waals surface area contributed by atoms with Crippen molar-refractivity contribution in [2.24, 2.45) is 5.84 Å². The molecule has 0 unspecified atom stereocenters. The van der Waals surface area contributed by atoms with Crippen LogP contribution in [0.3, 0.4) is 0 Å². The summed E-state index contributed by atoms with van der Waals surface area (Å²) in [6.45, 7) is 0.413. The van der Waals surface area contributed by atoms with Crippen molar-refractivity contribution in [1.82, 2.24) is 9.97 Å². The second-order valence-corrected chi connectivity index (χ2v) is 4.96. The normalized spacial score (nSPS) is 13.7. The average molecular weight is 270 g/mol. The topological polar surface area (TPSA) is 73.1 Å². The molecule has 1 heterocycles. The Balaban J connectivity index is 1.65. The van der Waals surface area contributed by atoms with Crippen molar-refractivity contribution in [3.63, 3.8) is 0 Å². The number of hydrogen-bond donors (Lipinski definition) is 2. The van der Waals surface area contributed by atoms with E-state index in [1.165, 1.54) is 30.4 Å². The van der Waals surface area contributed by atoms with E-state index in [1.807, 2.05) is 6.07 Å². The Morgan fingerprint density at radius 2 is 1.95 bits per heavy atom. The third-order valence-electron chi connectivity index (χ3n) is 3.56. The minimum absolute atomic E-state index is 0.413. The van der Waals surface area contributed by atoms with E-state index >= 15 is 0 Å². The zero-order chi connectivity index (χ0) is 13.8. The lowest BCUT2D eigenvalue weighted by Gasteiger charge is -2.16. The van der Waals surface area contributed by atoms with Crippen LogP contribution >= 0.6 is 0 Å². The minimum atomic E-state index is 0.413. The van der Waals surface area contributed by atoms with Gasteiger partial charge >= 0.3 is 0 Å². The van der Waals surface area contributed by atoms with Crippen molar-refractivity contribution >= 4 is 5.82 Å². The van der Waals surface area contributed by atoms with E-state index in [0.717, 1.165) is 17.9 Å². The molecule has 5 heteroatoms. The molecule has 1 aromatic carbocycles. The van der Waals surface area contributed by atoms with Crippen LogP contribution in [0.2, 0.25) is 0 Å². The highest BCUT2D eigenvalue weighted by molar-refractivity contribution is 5.37. The van der Waals surface area contributed by atoms with Gasteiger partial charge in [-0.25, -0.2) is 10.8 Å². The standard InChI is InChI=1S/C15H18N4O/c16-19-15-9-17-13(8-18-15)10-20-14-6-5-11-3-1-2-4-12(11)7-14/h5-9H,1-4,10,16H2,(H,18,19). The summed E-state index contributed by atoms with van der Waals surface area (Å²) in [6, 6.07) is 6.36. The minimum Gasteiger partial charge on any atom is -0.487 e. The van der Waals surface area contributed by atoms with Crippen LogP contribution in [0.4, 0.5) is 5.82 Å². The molecule has 0 fully saturated rings. The number of hydrogen-bond acceptors (Lipinski definition) is 5. The lowest BCUT2D eigenvalue weighted by atomic mass is 9.92. The van der Waals surface area contributed by atoms with Gasteiger partial charge in [-0.05, 0) is 48.9 Å². The van der Waals surface area contributed by atoms with E-state index in [2.05, 4.69) is 27.5 Å². The van der Waals surface area contributed by atoms with Gasteiger partial charge in [-0.1, -0.05) is 6.07 Å². The summed E-state index contributed by atoms with van der Waals surface area (Å²) in [7, 11) is 0. The van der Waals surface area contributed by atoms with E-state index in [9.17, 15) is 0 Å². The summed E-state index contributed by atoms with van der Waals surface area (Å²) in [5.41, 5.74) is 6.11. The first-order chi connectivity index (χ1) is 9.85. The van der Waals surface area contributed by atoms with Gasteiger partial charge in [0.15, 0.2) is 5.82 Å². The Hall–Kier alpha value is -2.14. The maximum atomic E-state index is 5.78. The highest BCUT2D eigenvalue weighted by Gasteiger charge is 2.10. The number of anilines is 1. The molecule has 0 amide bonds. The highest BCUT2D eigenvalue weighted by atomic mass is 16.5. The Morgan fingerprint density at radius 1 is 1.10 bits per heavy atom. The molecule has 0 spiro atoms. The van der Waals surface area contributed by atoms with Gasteiger partial charge < -0.3 is 10.2 Å². The van der Waals surface area contributed by atoms with Gasteiger partial charge in [-0.3, -0.25) is 4.98 Å². The van der Waals surface area contributed by atoms with Crippen molar-refractivity contribution in [1.29, 1.82) is 0 Å². The number of nitrogen functional groups attached to an aromatic ring is 1. The fourth-order valence-electron chi connectivity index (χ4n) is 2.46. The number of aryl methyl sites for hydroxylation is 2. The van der Waals surface area contributed by atoms with Gasteiger partial charge in [0.2, 0.25) is 0 Å². The molecular weight excluding hydrogens is 252 g/mol. The molecule has 104 valence electrons. The first-order valence-electron chi connectivity index (χ1n) is 6.87. The smallest absolute Gasteiger partial charge is 0.158 e. The van der Waals surface area contributed by atoms with E-state index in [1.54, 1.807) is 12.4 Å². The molecule has 5 nitrogen and oxygen atoms in total. The largest absolute Gasteiger partial charge is 0.487 e. The number of benzene rings is 1. The third-order valence-corrected chi connectivity index (χ3v) is 3.56. The fraction of sp³-hybridized carbons (Fsp3) is 0.333. The maximum absolute atomic E-state index is 5.78. The first-order valence-corrected chi connectivity index (χ1v) is 6.87. The van der Waals surface area contributed by atoms with Gasteiger partial charge in [0.25, 0.3) is 0 Å². The summed E-state index contributed by atoms with van der Waals surface area (Å²) < 4.78 is 5.78. The van der Waals surface area contributed by atoms with Crippen LogP contribution in [0.1, 0.15) is 29.7 Å². The Bertz CT molecular complexity index is 583. The molecule has 1 aliphatic carbocycles. The SMILES string of the molecule is NNc1cnc(COc2ccc3c(c2)CCCC3)cn1. The second kappa shape index (κ2) is 5.88. The monoisotopic (exact) mass is 270 g/mol. The summed E-state index contributed by atoms with van der Waals surface area (Å²) in [5.74, 6) is 6.69. The van der Waals surface area contributed by atoms with E-state index in [-0.39, 0.29) is 0 Å². The van der Waals surface area contributed by atoms with Crippen LogP contribution in [0, 0.1) is 0 Å². The predicted molar refractivity (Wildman–Crippen MR) is 77.3 cm³/mol. The number of rotatable bonds is 4. The molecule has 1 aromatic heterocycles. The number of nitrogens with two attached hydrogens (primary N) is 1. The molecule has 0 aliphatic heterocycles. The van der Waals surface area contributed by atoms with E-state index in [0.29, 0.717) is 12.4 Å². The number of nitrogens with zero attached hydrogens (tertiary/aromatic N) is 2. The Labute approximate surface area is 118 Å². The van der Waals surface area contributed by atoms with Crippen molar-refractivity contribution < 1.29 is 4.74 Å². The van der Waals surface area contributed by atoms with Gasteiger partial charge in [-0.15, -0.1) is 0 Å². The summed E-state index contributed by atoms with van der Waals surface area (Å²) in [6.07, 6.45) is 8.16. The number of aromatic nitrogens is 2. The number of nitrogens with one attached hydrogen (secondary N) is 1. The molecule has 0 radical (unpaired) electrons. The molecule has 2 aromatic rings. The lowest BCUT2D eigenvalue weighted by molar-refractivity contribution is 0.300. The molecular formula is C15H18N4O. The van der Waals surface area contributed by atoms with Crippen LogP contribution in [0.5, 0.6) is 5.75 Å². The Morgan fingerprint density at radius 3 is 2.70 bits per heavy atom. The van der Waals surface area contributed by atoms with Gasteiger partial charge in [-0.2, -0.15) is 0 Å². The van der Waals surface area contributed by atoms with Crippen LogP contribution in [0.15, 0.2) is 30.6 Å². The van der Waals surface area contributed by atoms with Crippen molar-refractivity contribution in [2.75, 3.05) is 5.43 Å². The van der Waals surface area contributed by atoms with E-state index < -0.39 is 0 Å². The van der Waals surface area contributed by atoms with E-state index in [4.69, 9.17) is 10.6 Å². The molecule has 3 N–H and O–H groups in total. The molecule has 3 rings (SSSR count). The summed E-state index contributed by atoms with van der Waals surface area (Å²) in [5, 5.41) is 0. The van der Waals surface area contributed by atoms with Crippen molar-refractivity contribution in [3.8, 4) is 5.75 Å².